The van der Waals surface area contributed by atoms with Gasteiger partial charge in [-0.15, -0.1) is 0 Å². The predicted molar refractivity (Wildman–Crippen MR) is 82.3 cm³/mol. The summed E-state index contributed by atoms with van der Waals surface area (Å²) < 4.78 is 17.0. The van der Waals surface area contributed by atoms with Gasteiger partial charge in [0.1, 0.15) is 11.5 Å². The van der Waals surface area contributed by atoms with E-state index in [0.29, 0.717) is 0 Å². The predicted octanol–water partition coefficient (Wildman–Crippen LogP) is 4.94. The minimum atomic E-state index is -1.45. The lowest BCUT2D eigenvalue weighted by atomic mass is 10.1. The van der Waals surface area contributed by atoms with Crippen LogP contribution in [0, 0.1) is 20.8 Å². The molecule has 2 aromatic carbocycles. The molecule has 2 rings (SSSR count). The Bertz CT molecular complexity index is 584. The normalized spacial score (nSPS) is 12.0. The average molecular weight is 290 g/mol. The van der Waals surface area contributed by atoms with Crippen molar-refractivity contribution < 1.29 is 13.6 Å². The van der Waals surface area contributed by atoms with E-state index in [-0.39, 0.29) is 0 Å². The molecule has 0 amide bonds. The monoisotopic (exact) mass is 290 g/mol. The van der Waals surface area contributed by atoms with Gasteiger partial charge < -0.3 is 9.05 Å². The van der Waals surface area contributed by atoms with Gasteiger partial charge in [-0.3, -0.25) is 4.52 Å². The molecule has 0 saturated heterocycles. The molecule has 20 heavy (non-hydrogen) atoms. The van der Waals surface area contributed by atoms with Gasteiger partial charge in [0.05, 0.1) is 0 Å². The molecule has 0 saturated carbocycles. The average Bonchev–Trinajstić information content (AvgIpc) is 2.43. The van der Waals surface area contributed by atoms with Crippen LogP contribution in [0.15, 0.2) is 42.5 Å². The SMILES string of the molecule is COP(Oc1ccccc1C)Oc1ccc(C)cc1C. The highest BCUT2D eigenvalue weighted by atomic mass is 31.2. The van der Waals surface area contributed by atoms with Gasteiger partial charge in [0.2, 0.25) is 0 Å². The van der Waals surface area contributed by atoms with Crippen LogP contribution < -0.4 is 9.05 Å². The molecule has 0 bridgehead atoms. The maximum Gasteiger partial charge on any atom is 0.462 e. The standard InChI is InChI=1S/C16H19O3P/c1-12-9-10-16(14(3)11-12)19-20(17-4)18-15-8-6-5-7-13(15)2/h5-11H,1-4H3. The van der Waals surface area contributed by atoms with Crippen molar-refractivity contribution in [2.24, 2.45) is 0 Å². The summed E-state index contributed by atoms with van der Waals surface area (Å²) in [5, 5.41) is 0. The highest BCUT2D eigenvalue weighted by molar-refractivity contribution is 7.42. The summed E-state index contributed by atoms with van der Waals surface area (Å²) in [6, 6.07) is 13.8. The van der Waals surface area contributed by atoms with Crippen molar-refractivity contribution in [1.29, 1.82) is 0 Å². The topological polar surface area (TPSA) is 27.7 Å². The van der Waals surface area contributed by atoms with E-state index in [1.807, 2.05) is 50.2 Å². The number of hydrogen-bond donors (Lipinski definition) is 0. The van der Waals surface area contributed by atoms with Crippen LogP contribution in [0.5, 0.6) is 11.5 Å². The molecule has 0 aliphatic heterocycles. The Hall–Kier alpha value is -1.57. The van der Waals surface area contributed by atoms with Gasteiger partial charge in [-0.05, 0) is 44.0 Å². The van der Waals surface area contributed by atoms with Crippen LogP contribution in [0.2, 0.25) is 0 Å². The molecule has 1 unspecified atom stereocenters. The van der Waals surface area contributed by atoms with Gasteiger partial charge in [-0.1, -0.05) is 35.9 Å². The van der Waals surface area contributed by atoms with E-state index in [1.165, 1.54) is 5.56 Å². The van der Waals surface area contributed by atoms with Gasteiger partial charge >= 0.3 is 8.60 Å². The zero-order valence-electron chi connectivity index (χ0n) is 12.2. The minimum absolute atomic E-state index is 0.783. The smallest absolute Gasteiger partial charge is 0.417 e. The third-order valence-electron chi connectivity index (χ3n) is 2.92. The molecule has 0 fully saturated rings. The Morgan fingerprint density at radius 2 is 1.45 bits per heavy atom. The summed E-state index contributed by atoms with van der Waals surface area (Å²) in [7, 11) is 0.138. The zero-order valence-corrected chi connectivity index (χ0v) is 13.1. The highest BCUT2D eigenvalue weighted by Gasteiger charge is 2.17. The molecule has 0 spiro atoms. The van der Waals surface area contributed by atoms with Crippen LogP contribution in [-0.2, 0) is 4.52 Å². The number of aryl methyl sites for hydroxylation is 3. The fourth-order valence-corrected chi connectivity index (χ4v) is 2.73. The van der Waals surface area contributed by atoms with Crippen molar-refractivity contribution in [1.82, 2.24) is 0 Å². The number of benzene rings is 2. The van der Waals surface area contributed by atoms with E-state index in [2.05, 4.69) is 13.0 Å². The van der Waals surface area contributed by atoms with Crippen LogP contribution in [-0.4, -0.2) is 7.11 Å². The van der Waals surface area contributed by atoms with Crippen molar-refractivity contribution in [3.8, 4) is 11.5 Å². The Morgan fingerprint density at radius 1 is 0.800 bits per heavy atom. The van der Waals surface area contributed by atoms with Crippen molar-refractivity contribution in [2.45, 2.75) is 20.8 Å². The quantitative estimate of drug-likeness (QED) is 0.730. The Balaban J connectivity index is 2.11. The molecule has 1 atom stereocenters. The summed E-state index contributed by atoms with van der Waals surface area (Å²) >= 11 is 0. The molecule has 0 heterocycles. The first kappa shape index (κ1) is 14.8. The summed E-state index contributed by atoms with van der Waals surface area (Å²) in [5.41, 5.74) is 3.33. The molecule has 2 aromatic rings. The van der Waals surface area contributed by atoms with Gasteiger partial charge in [0.15, 0.2) is 0 Å². The fourth-order valence-electron chi connectivity index (χ4n) is 1.81. The van der Waals surface area contributed by atoms with E-state index < -0.39 is 8.60 Å². The first-order valence-electron chi connectivity index (χ1n) is 6.43. The first-order valence-corrected chi connectivity index (χ1v) is 7.53. The van der Waals surface area contributed by atoms with Crippen molar-refractivity contribution in [2.75, 3.05) is 7.11 Å². The molecule has 3 nitrogen and oxygen atoms in total. The van der Waals surface area contributed by atoms with E-state index in [9.17, 15) is 0 Å². The van der Waals surface area contributed by atoms with Crippen molar-refractivity contribution >= 4 is 8.60 Å². The molecule has 0 aromatic heterocycles. The maximum atomic E-state index is 5.83. The second-order valence-corrected chi connectivity index (χ2v) is 5.80. The number of para-hydroxylation sites is 1. The maximum absolute atomic E-state index is 5.83. The molecular formula is C16H19O3P. The van der Waals surface area contributed by atoms with Crippen LogP contribution in [0.3, 0.4) is 0 Å². The second kappa shape index (κ2) is 6.74. The molecule has 106 valence electrons. The van der Waals surface area contributed by atoms with Gasteiger partial charge in [0, 0.05) is 7.11 Å². The summed E-state index contributed by atoms with van der Waals surface area (Å²) in [5.74, 6) is 1.57. The minimum Gasteiger partial charge on any atom is -0.417 e. The number of hydrogen-bond acceptors (Lipinski definition) is 3. The van der Waals surface area contributed by atoms with Crippen LogP contribution in [0.4, 0.5) is 0 Å². The molecule has 0 radical (unpaired) electrons. The molecule has 0 aliphatic carbocycles. The Morgan fingerprint density at radius 3 is 2.05 bits per heavy atom. The van der Waals surface area contributed by atoms with E-state index in [1.54, 1.807) is 7.11 Å². The largest absolute Gasteiger partial charge is 0.462 e. The molecular weight excluding hydrogens is 271 g/mol. The molecule has 0 aliphatic rings. The first-order chi connectivity index (χ1) is 9.60. The van der Waals surface area contributed by atoms with Crippen molar-refractivity contribution in [3.05, 3.63) is 59.2 Å². The highest BCUT2D eigenvalue weighted by Crippen LogP contribution is 2.42. The van der Waals surface area contributed by atoms with E-state index in [0.717, 1.165) is 22.6 Å². The van der Waals surface area contributed by atoms with Crippen LogP contribution in [0.1, 0.15) is 16.7 Å². The third kappa shape index (κ3) is 3.72. The lowest BCUT2D eigenvalue weighted by Crippen LogP contribution is -1.99. The van der Waals surface area contributed by atoms with Crippen LogP contribution >= 0.6 is 8.60 Å². The lowest BCUT2D eigenvalue weighted by Gasteiger charge is -2.18. The van der Waals surface area contributed by atoms with Crippen LogP contribution in [0.25, 0.3) is 0 Å². The molecule has 0 N–H and O–H groups in total. The summed E-state index contributed by atoms with van der Waals surface area (Å²) in [6.07, 6.45) is 0. The van der Waals surface area contributed by atoms with Gasteiger partial charge in [-0.25, -0.2) is 0 Å². The lowest BCUT2D eigenvalue weighted by molar-refractivity contribution is 0.322. The van der Waals surface area contributed by atoms with E-state index >= 15 is 0 Å². The number of rotatable bonds is 5. The van der Waals surface area contributed by atoms with Gasteiger partial charge in [0.25, 0.3) is 0 Å². The zero-order chi connectivity index (χ0) is 14.5. The third-order valence-corrected chi connectivity index (χ3v) is 3.91. The van der Waals surface area contributed by atoms with E-state index in [4.69, 9.17) is 13.6 Å². The van der Waals surface area contributed by atoms with Gasteiger partial charge in [-0.2, -0.15) is 0 Å². The Labute approximate surface area is 121 Å². The Kier molecular flexibility index (Phi) is 4.99. The molecule has 4 heteroatoms. The second-order valence-electron chi connectivity index (χ2n) is 4.62. The fraction of sp³-hybridized carbons (Fsp3) is 0.250. The summed E-state index contributed by atoms with van der Waals surface area (Å²) in [4.78, 5) is 0. The van der Waals surface area contributed by atoms with Crippen molar-refractivity contribution in [3.63, 3.8) is 0 Å². The summed E-state index contributed by atoms with van der Waals surface area (Å²) in [6.45, 7) is 6.06.